The van der Waals surface area contributed by atoms with Crippen LogP contribution in [0.15, 0.2) is 40.9 Å². The highest BCUT2D eigenvalue weighted by Gasteiger charge is 2.21. The minimum Gasteiger partial charge on any atom is -0.398 e. The zero-order chi connectivity index (χ0) is 20.0. The van der Waals surface area contributed by atoms with Crippen LogP contribution in [0.5, 0.6) is 0 Å². The van der Waals surface area contributed by atoms with Crippen LogP contribution in [0.3, 0.4) is 0 Å². The Morgan fingerprint density at radius 2 is 1.93 bits per heavy atom. The number of aromatic nitrogens is 3. The molecule has 144 valence electrons. The molecule has 0 aliphatic rings. The number of alkyl halides is 2. The standard InChI is InChI=1S/C18H11ClF4N4O/c19-16-10-6-14(17(22)23)27(13(10)4-3-12(16)24)7-15-25-18(28-26-15)9-2-1-8(20)5-11(9)21/h1-6,17H,7,24H2. The normalized spacial score (nSPS) is 11.6. The van der Waals surface area contributed by atoms with E-state index in [4.69, 9.17) is 21.9 Å². The lowest BCUT2D eigenvalue weighted by molar-refractivity contribution is 0.142. The number of hydrogen-bond donors (Lipinski definition) is 1. The Labute approximate surface area is 160 Å². The van der Waals surface area contributed by atoms with E-state index in [-0.39, 0.29) is 40.2 Å². The second kappa shape index (κ2) is 6.83. The van der Waals surface area contributed by atoms with Gasteiger partial charge in [-0.1, -0.05) is 16.8 Å². The molecular weight excluding hydrogens is 400 g/mol. The molecule has 0 saturated heterocycles. The van der Waals surface area contributed by atoms with E-state index < -0.39 is 18.1 Å². The van der Waals surface area contributed by atoms with Gasteiger partial charge in [0.15, 0.2) is 5.82 Å². The fourth-order valence-electron chi connectivity index (χ4n) is 2.93. The number of halogens is 5. The number of nitrogen functional groups attached to an aromatic ring is 1. The molecule has 0 saturated carbocycles. The smallest absolute Gasteiger partial charge is 0.278 e. The molecule has 0 atom stereocenters. The Bertz CT molecular complexity index is 1190. The first-order valence-corrected chi connectivity index (χ1v) is 8.36. The number of benzene rings is 2. The van der Waals surface area contributed by atoms with E-state index in [0.29, 0.717) is 17.0 Å². The minimum atomic E-state index is -2.79. The van der Waals surface area contributed by atoms with Gasteiger partial charge in [-0.05, 0) is 30.3 Å². The lowest BCUT2D eigenvalue weighted by Gasteiger charge is -2.08. The van der Waals surface area contributed by atoms with Crippen molar-refractivity contribution in [2.24, 2.45) is 0 Å². The van der Waals surface area contributed by atoms with Gasteiger partial charge in [-0.25, -0.2) is 17.6 Å². The van der Waals surface area contributed by atoms with Crippen LogP contribution in [0.2, 0.25) is 5.02 Å². The number of nitrogens with zero attached hydrogens (tertiary/aromatic N) is 3. The third kappa shape index (κ3) is 3.07. The molecule has 2 heterocycles. The summed E-state index contributed by atoms with van der Waals surface area (Å²) in [6, 6.07) is 7.19. The number of hydrogen-bond acceptors (Lipinski definition) is 4. The number of anilines is 1. The predicted octanol–water partition coefficient (Wildman–Crippen LogP) is 5.19. The molecule has 28 heavy (non-hydrogen) atoms. The summed E-state index contributed by atoms with van der Waals surface area (Å²) < 4.78 is 60.3. The van der Waals surface area contributed by atoms with Crippen LogP contribution >= 0.6 is 11.6 Å². The molecule has 0 fully saturated rings. The second-order valence-corrected chi connectivity index (χ2v) is 6.38. The summed E-state index contributed by atoms with van der Waals surface area (Å²) >= 11 is 6.13. The van der Waals surface area contributed by atoms with Crippen molar-refractivity contribution in [3.8, 4) is 11.5 Å². The van der Waals surface area contributed by atoms with Gasteiger partial charge in [0, 0.05) is 11.5 Å². The van der Waals surface area contributed by atoms with E-state index in [2.05, 4.69) is 10.1 Å². The molecule has 0 amide bonds. The van der Waals surface area contributed by atoms with Gasteiger partial charge >= 0.3 is 0 Å². The molecule has 10 heteroatoms. The maximum Gasteiger partial charge on any atom is 0.278 e. The number of rotatable bonds is 4. The molecular formula is C18H11ClF4N4O. The first-order chi connectivity index (χ1) is 13.3. The number of nitrogens with two attached hydrogens (primary N) is 1. The summed E-state index contributed by atoms with van der Waals surface area (Å²) in [6.45, 7) is -0.171. The Kier molecular flexibility index (Phi) is 4.46. The molecule has 0 aliphatic heterocycles. The zero-order valence-electron chi connectivity index (χ0n) is 14.0. The van der Waals surface area contributed by atoms with Crippen molar-refractivity contribution in [1.29, 1.82) is 0 Å². The zero-order valence-corrected chi connectivity index (χ0v) is 14.7. The summed E-state index contributed by atoms with van der Waals surface area (Å²) in [4.78, 5) is 4.03. The Morgan fingerprint density at radius 1 is 1.14 bits per heavy atom. The SMILES string of the molecule is Nc1ccc2c(cc(C(F)F)n2Cc2noc(-c3ccc(F)cc3F)n2)c1Cl. The van der Waals surface area contributed by atoms with Crippen LogP contribution in [0, 0.1) is 11.6 Å². The van der Waals surface area contributed by atoms with Crippen molar-refractivity contribution in [3.63, 3.8) is 0 Å². The Balaban J connectivity index is 1.76. The monoisotopic (exact) mass is 410 g/mol. The van der Waals surface area contributed by atoms with Gasteiger partial charge < -0.3 is 14.8 Å². The van der Waals surface area contributed by atoms with Gasteiger partial charge in [0.25, 0.3) is 12.3 Å². The molecule has 2 aromatic carbocycles. The topological polar surface area (TPSA) is 69.9 Å². The molecule has 0 radical (unpaired) electrons. The summed E-state index contributed by atoms with van der Waals surface area (Å²) in [6.07, 6.45) is -2.79. The largest absolute Gasteiger partial charge is 0.398 e. The van der Waals surface area contributed by atoms with Crippen LogP contribution in [0.1, 0.15) is 17.9 Å². The van der Waals surface area contributed by atoms with E-state index >= 15 is 0 Å². The first-order valence-electron chi connectivity index (χ1n) is 7.98. The highest BCUT2D eigenvalue weighted by atomic mass is 35.5. The van der Waals surface area contributed by atoms with E-state index in [9.17, 15) is 17.6 Å². The third-order valence-corrected chi connectivity index (χ3v) is 4.66. The van der Waals surface area contributed by atoms with Crippen LogP contribution < -0.4 is 5.73 Å². The Morgan fingerprint density at radius 3 is 2.64 bits per heavy atom. The molecule has 4 rings (SSSR count). The van der Waals surface area contributed by atoms with Crippen LogP contribution in [0.25, 0.3) is 22.4 Å². The first kappa shape index (κ1) is 18.3. The molecule has 4 aromatic rings. The van der Waals surface area contributed by atoms with Crippen molar-refractivity contribution in [3.05, 3.63) is 64.6 Å². The predicted molar refractivity (Wildman–Crippen MR) is 95.1 cm³/mol. The average molecular weight is 411 g/mol. The Hall–Kier alpha value is -3.07. The molecule has 0 unspecified atom stereocenters. The van der Waals surface area contributed by atoms with E-state index in [0.717, 1.165) is 12.1 Å². The van der Waals surface area contributed by atoms with Crippen molar-refractivity contribution in [2.75, 3.05) is 5.73 Å². The van der Waals surface area contributed by atoms with Crippen LogP contribution in [0.4, 0.5) is 23.2 Å². The van der Waals surface area contributed by atoms with Crippen LogP contribution in [-0.2, 0) is 6.54 Å². The molecule has 2 N–H and O–H groups in total. The summed E-state index contributed by atoms with van der Waals surface area (Å²) in [5, 5.41) is 4.24. The van der Waals surface area contributed by atoms with E-state index in [1.165, 1.54) is 16.7 Å². The maximum absolute atomic E-state index is 13.9. The second-order valence-electron chi connectivity index (χ2n) is 6.00. The maximum atomic E-state index is 13.9. The van der Waals surface area contributed by atoms with E-state index in [1.54, 1.807) is 6.07 Å². The molecule has 0 spiro atoms. The fraction of sp³-hybridized carbons (Fsp3) is 0.111. The summed E-state index contributed by atoms with van der Waals surface area (Å²) in [7, 11) is 0. The van der Waals surface area contributed by atoms with Crippen molar-refractivity contribution < 1.29 is 22.1 Å². The molecule has 5 nitrogen and oxygen atoms in total. The molecule has 0 bridgehead atoms. The summed E-state index contributed by atoms with van der Waals surface area (Å²) in [5.41, 5.74) is 6.01. The minimum absolute atomic E-state index is 0.0334. The van der Waals surface area contributed by atoms with Gasteiger partial charge in [-0.2, -0.15) is 4.98 Å². The third-order valence-electron chi connectivity index (χ3n) is 4.23. The van der Waals surface area contributed by atoms with Crippen molar-refractivity contribution >= 4 is 28.2 Å². The van der Waals surface area contributed by atoms with E-state index in [1.807, 2.05) is 0 Å². The van der Waals surface area contributed by atoms with Gasteiger partial charge in [0.1, 0.15) is 11.6 Å². The van der Waals surface area contributed by atoms with Crippen LogP contribution in [-0.4, -0.2) is 14.7 Å². The van der Waals surface area contributed by atoms with Gasteiger partial charge in [0.2, 0.25) is 0 Å². The number of fused-ring (bicyclic) bond motifs is 1. The molecule has 2 aromatic heterocycles. The average Bonchev–Trinajstić information content (AvgIpc) is 3.24. The lowest BCUT2D eigenvalue weighted by atomic mass is 10.2. The van der Waals surface area contributed by atoms with Crippen molar-refractivity contribution in [1.82, 2.24) is 14.7 Å². The summed E-state index contributed by atoms with van der Waals surface area (Å²) in [5.74, 6) is -1.79. The lowest BCUT2D eigenvalue weighted by Crippen LogP contribution is -2.06. The van der Waals surface area contributed by atoms with Gasteiger partial charge in [0.05, 0.1) is 34.0 Å². The highest BCUT2D eigenvalue weighted by Crippen LogP contribution is 2.35. The fourth-order valence-corrected chi connectivity index (χ4v) is 3.14. The quantitative estimate of drug-likeness (QED) is 0.371. The molecule has 0 aliphatic carbocycles. The van der Waals surface area contributed by atoms with Gasteiger partial charge in [-0.3, -0.25) is 0 Å². The van der Waals surface area contributed by atoms with Gasteiger partial charge in [-0.15, -0.1) is 0 Å². The highest BCUT2D eigenvalue weighted by molar-refractivity contribution is 6.38. The van der Waals surface area contributed by atoms with Crippen molar-refractivity contribution in [2.45, 2.75) is 13.0 Å².